The van der Waals surface area contributed by atoms with Crippen LogP contribution in [0, 0.1) is 5.92 Å². The number of hydrogen-bond donors (Lipinski definition) is 3. The molecule has 0 bridgehead atoms. The fraction of sp³-hybridized carbons (Fsp3) is 0.600. The topological polar surface area (TPSA) is 109 Å². The first-order chi connectivity index (χ1) is 16.9. The third-order valence-electron chi connectivity index (χ3n) is 6.40. The molecule has 2 aliphatic rings. The first-order valence-electron chi connectivity index (χ1n) is 12.4. The monoisotopic (exact) mass is 507 g/mol. The van der Waals surface area contributed by atoms with Crippen LogP contribution in [0.3, 0.4) is 0 Å². The third kappa shape index (κ3) is 8.02. The summed E-state index contributed by atoms with van der Waals surface area (Å²) in [4.78, 5) is 29.3. The van der Waals surface area contributed by atoms with Gasteiger partial charge in [-0.25, -0.2) is 4.79 Å². The number of morpholine rings is 1. The number of halogens is 1. The van der Waals surface area contributed by atoms with Crippen LogP contribution in [0.5, 0.6) is 5.75 Å². The first kappa shape index (κ1) is 27.1. The van der Waals surface area contributed by atoms with Crippen LogP contribution < -0.4 is 21.1 Å². The van der Waals surface area contributed by atoms with Crippen LogP contribution in [0.1, 0.15) is 36.5 Å². The van der Waals surface area contributed by atoms with Crippen molar-refractivity contribution < 1.29 is 19.1 Å². The number of benzene rings is 1. The van der Waals surface area contributed by atoms with Crippen molar-refractivity contribution in [1.29, 1.82) is 0 Å². The zero-order valence-corrected chi connectivity index (χ0v) is 21.3. The lowest BCUT2D eigenvalue weighted by molar-refractivity contribution is -0.0330. The van der Waals surface area contributed by atoms with Crippen LogP contribution in [-0.2, 0) is 4.74 Å². The largest absolute Gasteiger partial charge is 0.493 e. The Kier molecular flexibility index (Phi) is 10.5. The predicted molar refractivity (Wildman–Crippen MR) is 138 cm³/mol. The summed E-state index contributed by atoms with van der Waals surface area (Å²) in [7, 11) is 0. The molecule has 0 radical (unpaired) electrons. The van der Waals surface area contributed by atoms with Crippen molar-refractivity contribution in [3.63, 3.8) is 0 Å². The fourth-order valence-corrected chi connectivity index (χ4v) is 4.63. The molecule has 0 aliphatic carbocycles. The van der Waals surface area contributed by atoms with Gasteiger partial charge < -0.3 is 30.7 Å². The van der Waals surface area contributed by atoms with Gasteiger partial charge in [0.1, 0.15) is 5.75 Å². The number of nitrogen functional groups attached to an aromatic ring is 1. The van der Waals surface area contributed by atoms with Gasteiger partial charge in [-0.3, -0.25) is 9.69 Å². The Balaban J connectivity index is 1.43. The van der Waals surface area contributed by atoms with Crippen molar-refractivity contribution in [1.82, 2.24) is 20.4 Å². The second kappa shape index (κ2) is 13.6. The van der Waals surface area contributed by atoms with E-state index in [2.05, 4.69) is 22.1 Å². The van der Waals surface area contributed by atoms with Gasteiger partial charge in [0.2, 0.25) is 0 Å². The lowest BCUT2D eigenvalue weighted by atomic mass is 9.96. The Bertz CT molecular complexity index is 876. The number of carbonyl (C=O) groups is 2. The average Bonchev–Trinajstić information content (AvgIpc) is 2.85. The van der Waals surface area contributed by atoms with Crippen LogP contribution in [0.15, 0.2) is 24.8 Å². The maximum atomic E-state index is 12.8. The number of nitrogens with zero attached hydrogens (tertiary/aromatic N) is 2. The molecule has 35 heavy (non-hydrogen) atoms. The van der Waals surface area contributed by atoms with Gasteiger partial charge in [0, 0.05) is 51.9 Å². The highest BCUT2D eigenvalue weighted by Gasteiger charge is 2.27. The van der Waals surface area contributed by atoms with E-state index >= 15 is 0 Å². The van der Waals surface area contributed by atoms with E-state index < -0.39 is 0 Å². The highest BCUT2D eigenvalue weighted by atomic mass is 35.5. The Hall–Kier alpha value is -2.49. The van der Waals surface area contributed by atoms with Crippen LogP contribution in [-0.4, -0.2) is 86.9 Å². The molecule has 2 heterocycles. The van der Waals surface area contributed by atoms with Crippen molar-refractivity contribution in [2.24, 2.45) is 5.92 Å². The van der Waals surface area contributed by atoms with E-state index in [4.69, 9.17) is 26.8 Å². The molecule has 1 unspecified atom stereocenters. The van der Waals surface area contributed by atoms with Crippen molar-refractivity contribution in [2.75, 3.05) is 64.8 Å². The molecule has 1 atom stereocenters. The number of amides is 3. The Morgan fingerprint density at radius 1 is 1.29 bits per heavy atom. The number of nitrogens with two attached hydrogens (primary N) is 1. The normalized spacial score (nSPS) is 19.3. The molecule has 1 aromatic carbocycles. The summed E-state index contributed by atoms with van der Waals surface area (Å²) >= 11 is 6.12. The quantitative estimate of drug-likeness (QED) is 0.255. The first-order valence-corrected chi connectivity index (χ1v) is 12.8. The van der Waals surface area contributed by atoms with Gasteiger partial charge in [0.15, 0.2) is 0 Å². The molecule has 4 N–H and O–H groups in total. The third-order valence-corrected chi connectivity index (χ3v) is 6.73. The highest BCUT2D eigenvalue weighted by molar-refractivity contribution is 6.33. The zero-order chi connectivity index (χ0) is 25.2. The minimum absolute atomic E-state index is 0.0161. The standard InChI is InChI=1S/C25H38ClN5O4/c1-3-5-8-28-25(33)31-9-6-18(7-10-31)16-30-11-12-35-19(17-30)15-29-24(32)20-13-21(26)22(27)14-23(20)34-4-2/h3,13-14,18-19H,1,4-12,15-17,27H2,2H3,(H,28,33)(H,29,32). The summed E-state index contributed by atoms with van der Waals surface area (Å²) in [5.74, 6) is 0.694. The van der Waals surface area contributed by atoms with Gasteiger partial charge in [-0.05, 0) is 38.2 Å². The molecule has 1 aromatic rings. The van der Waals surface area contributed by atoms with E-state index in [1.807, 2.05) is 11.8 Å². The number of piperidine rings is 1. The van der Waals surface area contributed by atoms with Crippen molar-refractivity contribution >= 4 is 29.2 Å². The molecule has 0 aromatic heterocycles. The van der Waals surface area contributed by atoms with Crippen LogP contribution >= 0.6 is 11.6 Å². The molecule has 194 valence electrons. The number of hydrogen-bond acceptors (Lipinski definition) is 6. The molecular formula is C25H38ClN5O4. The van der Waals surface area contributed by atoms with E-state index in [9.17, 15) is 9.59 Å². The highest BCUT2D eigenvalue weighted by Crippen LogP contribution is 2.29. The van der Waals surface area contributed by atoms with Crippen molar-refractivity contribution in [3.8, 4) is 5.75 Å². The van der Waals surface area contributed by atoms with Crippen LogP contribution in [0.2, 0.25) is 5.02 Å². The Labute approximate surface area is 212 Å². The number of urea groups is 1. The second-order valence-corrected chi connectivity index (χ2v) is 9.41. The van der Waals surface area contributed by atoms with E-state index in [0.29, 0.717) is 54.2 Å². The van der Waals surface area contributed by atoms with E-state index in [1.54, 1.807) is 12.1 Å². The molecule has 3 amide bonds. The molecule has 2 saturated heterocycles. The van der Waals surface area contributed by atoms with E-state index in [1.165, 1.54) is 6.07 Å². The number of nitrogens with one attached hydrogen (secondary N) is 2. The van der Waals surface area contributed by atoms with Crippen molar-refractivity contribution in [3.05, 3.63) is 35.4 Å². The minimum atomic E-state index is -0.269. The summed E-state index contributed by atoms with van der Waals surface area (Å²) in [6.07, 6.45) is 4.47. The fourth-order valence-electron chi connectivity index (χ4n) is 4.47. The van der Waals surface area contributed by atoms with Crippen LogP contribution in [0.4, 0.5) is 10.5 Å². The van der Waals surface area contributed by atoms with Gasteiger partial charge in [-0.15, -0.1) is 6.58 Å². The molecule has 0 spiro atoms. The number of ether oxygens (including phenoxy) is 2. The van der Waals surface area contributed by atoms with E-state index in [0.717, 1.165) is 52.0 Å². The van der Waals surface area contributed by atoms with E-state index in [-0.39, 0.29) is 18.0 Å². The number of rotatable bonds is 10. The predicted octanol–water partition coefficient (Wildman–Crippen LogP) is 2.75. The molecule has 10 heteroatoms. The zero-order valence-electron chi connectivity index (χ0n) is 20.6. The lowest BCUT2D eigenvalue weighted by Gasteiger charge is -2.38. The van der Waals surface area contributed by atoms with Crippen LogP contribution in [0.25, 0.3) is 0 Å². The Morgan fingerprint density at radius 3 is 2.77 bits per heavy atom. The number of likely N-dealkylation sites (tertiary alicyclic amines) is 1. The lowest BCUT2D eigenvalue weighted by Crippen LogP contribution is -2.50. The average molecular weight is 508 g/mol. The summed E-state index contributed by atoms with van der Waals surface area (Å²) in [6.45, 7) is 11.8. The summed E-state index contributed by atoms with van der Waals surface area (Å²) in [6, 6.07) is 3.13. The molecular weight excluding hydrogens is 470 g/mol. The summed E-state index contributed by atoms with van der Waals surface area (Å²) in [5, 5.41) is 6.21. The molecule has 9 nitrogen and oxygen atoms in total. The molecule has 2 fully saturated rings. The smallest absolute Gasteiger partial charge is 0.317 e. The van der Waals surface area contributed by atoms with Crippen molar-refractivity contribution in [2.45, 2.75) is 32.3 Å². The number of anilines is 1. The molecule has 3 rings (SSSR count). The molecule has 2 aliphatic heterocycles. The van der Waals surface area contributed by atoms with Gasteiger partial charge in [0.25, 0.3) is 5.91 Å². The Morgan fingerprint density at radius 2 is 2.06 bits per heavy atom. The summed E-state index contributed by atoms with van der Waals surface area (Å²) in [5.41, 5.74) is 6.59. The molecule has 0 saturated carbocycles. The van der Waals surface area contributed by atoms with Gasteiger partial charge >= 0.3 is 6.03 Å². The second-order valence-electron chi connectivity index (χ2n) is 9.00. The van der Waals surface area contributed by atoms with Gasteiger partial charge in [0.05, 0.1) is 35.6 Å². The minimum Gasteiger partial charge on any atom is -0.493 e. The SMILES string of the molecule is C=CCCNC(=O)N1CCC(CN2CCOC(CNC(=O)c3cc(Cl)c(N)cc3OCC)C2)CC1. The van der Waals surface area contributed by atoms with Gasteiger partial charge in [-0.2, -0.15) is 0 Å². The van der Waals surface area contributed by atoms with Gasteiger partial charge in [-0.1, -0.05) is 17.7 Å². The maximum absolute atomic E-state index is 12.8. The maximum Gasteiger partial charge on any atom is 0.317 e. The summed E-state index contributed by atoms with van der Waals surface area (Å²) < 4.78 is 11.5. The number of carbonyl (C=O) groups excluding carboxylic acids is 2.